The van der Waals surface area contributed by atoms with Crippen LogP contribution in [0.5, 0.6) is 0 Å². The molecule has 1 aromatic heterocycles. The maximum absolute atomic E-state index is 14.8. The Morgan fingerprint density at radius 2 is 1.93 bits per heavy atom. The third kappa shape index (κ3) is 4.40. The van der Waals surface area contributed by atoms with Crippen molar-refractivity contribution in [1.29, 1.82) is 0 Å². The number of amides is 1. The molecular formula is C21H20ClF2N3O2. The van der Waals surface area contributed by atoms with Gasteiger partial charge in [-0.3, -0.25) is 10.2 Å². The summed E-state index contributed by atoms with van der Waals surface area (Å²) >= 11 is 6.04. The highest BCUT2D eigenvalue weighted by atomic mass is 35.5. The van der Waals surface area contributed by atoms with Gasteiger partial charge in [0, 0.05) is 17.3 Å². The monoisotopic (exact) mass is 419 g/mol. The Hall–Kier alpha value is -2.93. The number of nitrogens with zero attached hydrogens (tertiary/aromatic N) is 2. The summed E-state index contributed by atoms with van der Waals surface area (Å²) in [5.74, 6) is -1.40. The largest absolute Gasteiger partial charge is 0.444 e. The van der Waals surface area contributed by atoms with E-state index in [2.05, 4.69) is 16.9 Å². The Bertz CT molecular complexity index is 1040. The molecule has 0 bridgehead atoms. The first-order chi connectivity index (χ1) is 13.5. The molecule has 1 aliphatic heterocycles. The maximum atomic E-state index is 14.8. The molecule has 0 aliphatic carbocycles. The van der Waals surface area contributed by atoms with E-state index in [1.807, 2.05) is 0 Å². The number of pyridine rings is 1. The third-order valence-corrected chi connectivity index (χ3v) is 4.26. The molecule has 2 heterocycles. The molecule has 0 saturated carbocycles. The average Bonchev–Trinajstić information content (AvgIpc) is 2.56. The average molecular weight is 420 g/mol. The molecule has 29 heavy (non-hydrogen) atoms. The molecule has 1 aliphatic rings. The lowest BCUT2D eigenvalue weighted by molar-refractivity contribution is 0.0635. The molecule has 2 aromatic rings. The second-order valence-corrected chi connectivity index (χ2v) is 7.95. The number of hydrogen-bond acceptors (Lipinski definition) is 4. The van der Waals surface area contributed by atoms with Gasteiger partial charge >= 0.3 is 6.09 Å². The maximum Gasteiger partial charge on any atom is 0.412 e. The topological polar surface area (TPSA) is 54.5 Å². The van der Waals surface area contributed by atoms with E-state index in [4.69, 9.17) is 16.3 Å². The summed E-state index contributed by atoms with van der Waals surface area (Å²) in [6.07, 6.45) is 0.900. The molecule has 152 valence electrons. The SMILES string of the molecule is C=C1C=C(C)N(c2cc(NC(=O)OC(C)(C)C)c(F)cc2F)c2nc(Cl)ccc21. The second kappa shape index (κ2) is 7.48. The molecule has 5 nitrogen and oxygen atoms in total. The first kappa shape index (κ1) is 20.8. The highest BCUT2D eigenvalue weighted by Crippen LogP contribution is 2.41. The van der Waals surface area contributed by atoms with Crippen molar-refractivity contribution in [3.63, 3.8) is 0 Å². The van der Waals surface area contributed by atoms with Crippen LogP contribution in [0.15, 0.2) is 42.6 Å². The predicted octanol–water partition coefficient (Wildman–Crippen LogP) is 6.43. The lowest BCUT2D eigenvalue weighted by atomic mass is 10.0. The molecule has 1 aromatic carbocycles. The minimum atomic E-state index is -0.931. The van der Waals surface area contributed by atoms with Gasteiger partial charge in [-0.15, -0.1) is 0 Å². The standard InChI is InChI=1S/C21H20ClF2N3O2/c1-11-8-12(2)27(19-13(11)6-7-18(22)26-19)17-10-16(14(23)9-15(17)24)25-20(28)29-21(3,4)5/h6-10H,1H2,2-5H3,(H,25,28). The number of allylic oxidation sites excluding steroid dienone is 3. The van der Waals surface area contributed by atoms with Gasteiger partial charge in [-0.05, 0) is 57.5 Å². The number of carbonyl (C=O) groups excluding carboxylic acids is 1. The van der Waals surface area contributed by atoms with Crippen LogP contribution in [0, 0.1) is 11.6 Å². The molecule has 3 rings (SSSR count). The van der Waals surface area contributed by atoms with Crippen LogP contribution in [-0.2, 0) is 4.74 Å². The Balaban J connectivity index is 2.07. The summed E-state index contributed by atoms with van der Waals surface area (Å²) in [5, 5.41) is 2.53. The van der Waals surface area contributed by atoms with Crippen LogP contribution in [-0.4, -0.2) is 16.7 Å². The Kier molecular flexibility index (Phi) is 5.36. The van der Waals surface area contributed by atoms with Crippen molar-refractivity contribution in [1.82, 2.24) is 4.98 Å². The summed E-state index contributed by atoms with van der Waals surface area (Å²) in [6, 6.07) is 5.22. The van der Waals surface area contributed by atoms with Crippen LogP contribution in [0.2, 0.25) is 5.15 Å². The fourth-order valence-corrected chi connectivity index (χ4v) is 3.07. The fourth-order valence-electron chi connectivity index (χ4n) is 2.93. The van der Waals surface area contributed by atoms with Gasteiger partial charge in [0.1, 0.15) is 28.2 Å². The molecule has 8 heteroatoms. The van der Waals surface area contributed by atoms with E-state index in [1.54, 1.807) is 45.9 Å². The summed E-state index contributed by atoms with van der Waals surface area (Å²) in [6.45, 7) is 10.8. The van der Waals surface area contributed by atoms with Gasteiger partial charge in [0.15, 0.2) is 0 Å². The van der Waals surface area contributed by atoms with Gasteiger partial charge in [-0.1, -0.05) is 18.2 Å². The number of carbonyl (C=O) groups is 1. The molecule has 0 saturated heterocycles. The van der Waals surface area contributed by atoms with Gasteiger partial charge in [-0.2, -0.15) is 0 Å². The van der Waals surface area contributed by atoms with Crippen LogP contribution in [0.4, 0.5) is 30.8 Å². The molecule has 0 radical (unpaired) electrons. The summed E-state index contributed by atoms with van der Waals surface area (Å²) in [5.41, 5.74) is 0.949. The van der Waals surface area contributed by atoms with Crippen molar-refractivity contribution in [3.8, 4) is 0 Å². The fraction of sp³-hybridized carbons (Fsp3) is 0.238. The van der Waals surface area contributed by atoms with E-state index in [9.17, 15) is 13.6 Å². The van der Waals surface area contributed by atoms with Crippen molar-refractivity contribution in [2.75, 3.05) is 10.2 Å². The normalized spacial score (nSPS) is 13.7. The van der Waals surface area contributed by atoms with Gasteiger partial charge in [-0.25, -0.2) is 18.6 Å². The predicted molar refractivity (Wildman–Crippen MR) is 110 cm³/mol. The van der Waals surface area contributed by atoms with Gasteiger partial charge in [0.2, 0.25) is 0 Å². The van der Waals surface area contributed by atoms with E-state index in [0.717, 1.165) is 0 Å². The first-order valence-electron chi connectivity index (χ1n) is 8.79. The van der Waals surface area contributed by atoms with Crippen molar-refractivity contribution in [3.05, 3.63) is 65.0 Å². The Morgan fingerprint density at radius 1 is 1.24 bits per heavy atom. The van der Waals surface area contributed by atoms with Crippen LogP contribution >= 0.6 is 11.6 Å². The highest BCUT2D eigenvalue weighted by molar-refractivity contribution is 6.29. The molecule has 1 amide bonds. The third-order valence-electron chi connectivity index (χ3n) is 4.05. The molecule has 1 N–H and O–H groups in total. The van der Waals surface area contributed by atoms with Gasteiger partial charge < -0.3 is 4.74 Å². The zero-order valence-electron chi connectivity index (χ0n) is 16.4. The molecule has 0 atom stereocenters. The van der Waals surface area contributed by atoms with Crippen molar-refractivity contribution in [2.45, 2.75) is 33.3 Å². The zero-order chi connectivity index (χ0) is 21.5. The minimum Gasteiger partial charge on any atom is -0.444 e. The van der Waals surface area contributed by atoms with E-state index >= 15 is 0 Å². The Morgan fingerprint density at radius 3 is 2.59 bits per heavy atom. The van der Waals surface area contributed by atoms with E-state index < -0.39 is 23.3 Å². The first-order valence-corrected chi connectivity index (χ1v) is 9.17. The van der Waals surface area contributed by atoms with Crippen LogP contribution < -0.4 is 10.2 Å². The molecule has 0 spiro atoms. The van der Waals surface area contributed by atoms with Crippen LogP contribution in [0.3, 0.4) is 0 Å². The van der Waals surface area contributed by atoms with E-state index in [-0.39, 0.29) is 16.5 Å². The van der Waals surface area contributed by atoms with Crippen LogP contribution in [0.25, 0.3) is 5.57 Å². The molecular weight excluding hydrogens is 400 g/mol. The second-order valence-electron chi connectivity index (χ2n) is 7.56. The number of rotatable bonds is 2. The molecule has 0 unspecified atom stereocenters. The number of nitrogens with one attached hydrogen (secondary N) is 1. The number of ether oxygens (including phenoxy) is 1. The van der Waals surface area contributed by atoms with Crippen LogP contribution in [0.1, 0.15) is 33.3 Å². The van der Waals surface area contributed by atoms with E-state index in [0.29, 0.717) is 28.7 Å². The quantitative estimate of drug-likeness (QED) is 0.570. The highest BCUT2D eigenvalue weighted by Gasteiger charge is 2.27. The number of hydrogen-bond donors (Lipinski definition) is 1. The summed E-state index contributed by atoms with van der Waals surface area (Å²) in [7, 11) is 0. The van der Waals surface area contributed by atoms with Crippen molar-refractivity contribution in [2.24, 2.45) is 0 Å². The van der Waals surface area contributed by atoms with Crippen molar-refractivity contribution < 1.29 is 18.3 Å². The molecule has 0 fully saturated rings. The minimum absolute atomic E-state index is 0.00488. The number of anilines is 3. The number of halogens is 3. The lowest BCUT2D eigenvalue weighted by Crippen LogP contribution is -2.28. The van der Waals surface area contributed by atoms with E-state index in [1.165, 1.54) is 11.0 Å². The lowest BCUT2D eigenvalue weighted by Gasteiger charge is -2.31. The number of benzene rings is 1. The van der Waals surface area contributed by atoms with Gasteiger partial charge in [0.25, 0.3) is 0 Å². The Labute approximate surface area is 172 Å². The zero-order valence-corrected chi connectivity index (χ0v) is 17.2. The van der Waals surface area contributed by atoms with Crippen molar-refractivity contribution >= 4 is 40.5 Å². The summed E-state index contributed by atoms with van der Waals surface area (Å²) < 4.78 is 34.2. The number of aromatic nitrogens is 1. The smallest absolute Gasteiger partial charge is 0.412 e. The van der Waals surface area contributed by atoms with Gasteiger partial charge in [0.05, 0.1) is 11.4 Å². The summed E-state index contributed by atoms with van der Waals surface area (Å²) in [4.78, 5) is 17.8. The number of fused-ring (bicyclic) bond motifs is 1.